The maximum atomic E-state index is 12.6. The average molecular weight is 385 g/mol. The smallest absolute Gasteiger partial charge is 0.339 e. The van der Waals surface area contributed by atoms with Gasteiger partial charge in [0.2, 0.25) is 0 Å². The van der Waals surface area contributed by atoms with Crippen molar-refractivity contribution in [2.45, 2.75) is 19.3 Å². The monoisotopic (exact) mass is 385 g/mol. The molecule has 4 rings (SSSR count). The van der Waals surface area contributed by atoms with Gasteiger partial charge in [-0.25, -0.2) is 4.79 Å². The Bertz CT molecular complexity index is 1140. The standard InChI is InChI=1S/C25H23NO3/c1-25(2)21-13-6-7-14-22(21)26(3)23(25)15-18(27)16-29-24(28)20-12-8-10-17-9-4-5-11-19(17)20/h4-15H,16H2,1-3H3/b23-15-. The molecule has 0 bridgehead atoms. The summed E-state index contributed by atoms with van der Waals surface area (Å²) in [6.07, 6.45) is 1.59. The van der Waals surface area contributed by atoms with E-state index in [9.17, 15) is 9.59 Å². The number of hydrogen-bond acceptors (Lipinski definition) is 4. The molecule has 1 heterocycles. The Morgan fingerprint density at radius 1 is 0.966 bits per heavy atom. The highest BCUT2D eigenvalue weighted by Crippen LogP contribution is 2.46. The van der Waals surface area contributed by atoms with E-state index >= 15 is 0 Å². The first-order valence-corrected chi connectivity index (χ1v) is 9.63. The van der Waals surface area contributed by atoms with Crippen LogP contribution in [0.2, 0.25) is 0 Å². The Labute approximate surface area is 170 Å². The van der Waals surface area contributed by atoms with Crippen LogP contribution in [0.3, 0.4) is 0 Å². The van der Waals surface area contributed by atoms with Gasteiger partial charge >= 0.3 is 5.97 Å². The van der Waals surface area contributed by atoms with Crippen molar-refractivity contribution in [1.82, 2.24) is 0 Å². The van der Waals surface area contributed by atoms with Crippen LogP contribution in [0.1, 0.15) is 29.8 Å². The van der Waals surface area contributed by atoms with Crippen molar-refractivity contribution >= 4 is 28.2 Å². The minimum atomic E-state index is -0.490. The number of likely N-dealkylation sites (N-methyl/N-ethyl adjacent to an activating group) is 1. The number of ether oxygens (including phenoxy) is 1. The highest BCUT2D eigenvalue weighted by atomic mass is 16.5. The van der Waals surface area contributed by atoms with Crippen molar-refractivity contribution in [1.29, 1.82) is 0 Å². The van der Waals surface area contributed by atoms with Gasteiger partial charge in [0.1, 0.15) is 0 Å². The summed E-state index contributed by atoms with van der Waals surface area (Å²) in [7, 11) is 1.95. The maximum absolute atomic E-state index is 12.6. The zero-order chi connectivity index (χ0) is 20.6. The predicted molar refractivity (Wildman–Crippen MR) is 115 cm³/mol. The third kappa shape index (κ3) is 3.31. The van der Waals surface area contributed by atoms with Crippen LogP contribution in [0.25, 0.3) is 10.8 Å². The van der Waals surface area contributed by atoms with Crippen molar-refractivity contribution in [3.8, 4) is 0 Å². The molecule has 0 amide bonds. The molecule has 0 radical (unpaired) electrons. The van der Waals surface area contributed by atoms with Gasteiger partial charge in [-0.15, -0.1) is 0 Å². The summed E-state index contributed by atoms with van der Waals surface area (Å²) in [5.41, 5.74) is 3.33. The van der Waals surface area contributed by atoms with Crippen LogP contribution in [0.4, 0.5) is 5.69 Å². The number of rotatable bonds is 4. The van der Waals surface area contributed by atoms with Crippen molar-refractivity contribution < 1.29 is 14.3 Å². The number of carbonyl (C=O) groups is 2. The molecule has 0 saturated heterocycles. The summed E-state index contributed by atoms with van der Waals surface area (Å²) in [5, 5.41) is 1.78. The average Bonchev–Trinajstić information content (AvgIpc) is 2.92. The summed E-state index contributed by atoms with van der Waals surface area (Å²) in [6, 6.07) is 21.2. The number of carbonyl (C=O) groups excluding carboxylic acids is 2. The molecule has 4 nitrogen and oxygen atoms in total. The number of fused-ring (bicyclic) bond motifs is 2. The van der Waals surface area contributed by atoms with E-state index in [0.29, 0.717) is 5.56 Å². The summed E-state index contributed by atoms with van der Waals surface area (Å²) in [6.45, 7) is 3.90. The first-order chi connectivity index (χ1) is 13.9. The van der Waals surface area contributed by atoms with Crippen molar-refractivity contribution in [3.05, 3.63) is 89.6 Å². The second-order valence-electron chi connectivity index (χ2n) is 7.80. The molecule has 0 fully saturated rings. The fraction of sp³-hybridized carbons (Fsp3) is 0.200. The topological polar surface area (TPSA) is 46.6 Å². The van der Waals surface area contributed by atoms with Gasteiger partial charge < -0.3 is 9.64 Å². The molecule has 1 aliphatic heterocycles. The second kappa shape index (κ2) is 7.21. The van der Waals surface area contributed by atoms with E-state index in [1.165, 1.54) is 5.56 Å². The van der Waals surface area contributed by atoms with Gasteiger partial charge in [0, 0.05) is 29.9 Å². The number of ketones is 1. The zero-order valence-electron chi connectivity index (χ0n) is 16.8. The lowest BCUT2D eigenvalue weighted by Crippen LogP contribution is -2.25. The van der Waals surface area contributed by atoms with Crippen molar-refractivity contribution in [2.75, 3.05) is 18.6 Å². The first kappa shape index (κ1) is 18.9. The number of para-hydroxylation sites is 1. The van der Waals surface area contributed by atoms with E-state index < -0.39 is 5.97 Å². The largest absolute Gasteiger partial charge is 0.454 e. The molecular weight excluding hydrogens is 362 g/mol. The van der Waals surface area contributed by atoms with Crippen LogP contribution in [0, 0.1) is 0 Å². The number of nitrogens with zero attached hydrogens (tertiary/aromatic N) is 1. The lowest BCUT2D eigenvalue weighted by Gasteiger charge is -2.23. The van der Waals surface area contributed by atoms with Gasteiger partial charge in [0.25, 0.3) is 0 Å². The Kier molecular flexibility index (Phi) is 4.71. The molecule has 0 aliphatic carbocycles. The zero-order valence-corrected chi connectivity index (χ0v) is 16.8. The Morgan fingerprint density at radius 3 is 2.45 bits per heavy atom. The van der Waals surface area contributed by atoms with E-state index in [1.54, 1.807) is 12.1 Å². The molecule has 146 valence electrons. The molecule has 0 spiro atoms. The molecule has 0 N–H and O–H groups in total. The van der Waals surface area contributed by atoms with E-state index in [2.05, 4.69) is 19.9 Å². The Balaban J connectivity index is 1.51. The SMILES string of the molecule is CN1/C(=C\C(=O)COC(=O)c2cccc3ccccc23)C(C)(C)c2ccccc21. The van der Waals surface area contributed by atoms with E-state index in [-0.39, 0.29) is 17.8 Å². The molecule has 3 aromatic carbocycles. The molecule has 0 saturated carbocycles. The van der Waals surface area contributed by atoms with Gasteiger partial charge in [-0.3, -0.25) is 4.79 Å². The molecule has 29 heavy (non-hydrogen) atoms. The van der Waals surface area contributed by atoms with Gasteiger partial charge in [-0.2, -0.15) is 0 Å². The number of hydrogen-bond donors (Lipinski definition) is 0. The lowest BCUT2D eigenvalue weighted by molar-refractivity contribution is -0.117. The molecule has 0 unspecified atom stereocenters. The molecule has 0 atom stereocenters. The van der Waals surface area contributed by atoms with E-state index in [4.69, 9.17) is 4.74 Å². The lowest BCUT2D eigenvalue weighted by atomic mass is 9.83. The fourth-order valence-corrected chi connectivity index (χ4v) is 4.07. The van der Waals surface area contributed by atoms with Crippen molar-refractivity contribution in [3.63, 3.8) is 0 Å². The molecule has 0 aromatic heterocycles. The van der Waals surface area contributed by atoms with Crippen LogP contribution in [0.5, 0.6) is 0 Å². The summed E-state index contributed by atoms with van der Waals surface area (Å²) in [4.78, 5) is 27.2. The van der Waals surface area contributed by atoms with Crippen LogP contribution in [-0.4, -0.2) is 25.4 Å². The summed E-state index contributed by atoms with van der Waals surface area (Å²) >= 11 is 0. The number of anilines is 1. The van der Waals surface area contributed by atoms with Crippen LogP contribution < -0.4 is 4.90 Å². The van der Waals surface area contributed by atoms with Crippen molar-refractivity contribution in [2.24, 2.45) is 0 Å². The number of benzene rings is 3. The normalized spacial score (nSPS) is 16.1. The Morgan fingerprint density at radius 2 is 1.66 bits per heavy atom. The Hall–Kier alpha value is -3.40. The molecule has 3 aromatic rings. The number of allylic oxidation sites excluding steroid dienone is 1. The second-order valence-corrected chi connectivity index (χ2v) is 7.80. The minimum absolute atomic E-state index is 0.235. The maximum Gasteiger partial charge on any atom is 0.339 e. The third-order valence-corrected chi connectivity index (χ3v) is 5.59. The molecule has 4 heteroatoms. The predicted octanol–water partition coefficient (Wildman–Crippen LogP) is 4.88. The van der Waals surface area contributed by atoms with Gasteiger partial charge in [0.05, 0.1) is 5.56 Å². The van der Waals surface area contributed by atoms with E-state index in [0.717, 1.165) is 22.2 Å². The highest BCUT2D eigenvalue weighted by molar-refractivity contribution is 6.05. The van der Waals surface area contributed by atoms with Crippen LogP contribution in [0.15, 0.2) is 78.5 Å². The van der Waals surface area contributed by atoms with Crippen LogP contribution in [-0.2, 0) is 14.9 Å². The van der Waals surface area contributed by atoms with Crippen LogP contribution >= 0.6 is 0 Å². The quantitative estimate of drug-likeness (QED) is 0.474. The number of esters is 1. The molecular formula is C25H23NO3. The summed E-state index contributed by atoms with van der Waals surface area (Å²) in [5.74, 6) is -0.725. The highest BCUT2D eigenvalue weighted by Gasteiger charge is 2.38. The van der Waals surface area contributed by atoms with Gasteiger partial charge in [-0.1, -0.05) is 68.4 Å². The molecule has 1 aliphatic rings. The van der Waals surface area contributed by atoms with Gasteiger partial charge in [-0.05, 0) is 28.5 Å². The fourth-order valence-electron chi connectivity index (χ4n) is 4.07. The minimum Gasteiger partial charge on any atom is -0.454 e. The van der Waals surface area contributed by atoms with Gasteiger partial charge in [0.15, 0.2) is 12.4 Å². The third-order valence-electron chi connectivity index (χ3n) is 5.59. The first-order valence-electron chi connectivity index (χ1n) is 9.63. The summed E-state index contributed by atoms with van der Waals surface area (Å²) < 4.78 is 5.34. The van der Waals surface area contributed by atoms with E-state index in [1.807, 2.05) is 66.5 Å².